The number of anilines is 1. The Labute approximate surface area is 130 Å². The minimum Gasteiger partial charge on any atom is -0.352 e. The first kappa shape index (κ1) is 14.6. The average Bonchev–Trinajstić information content (AvgIpc) is 2.41. The molecule has 0 bridgehead atoms. The van der Waals surface area contributed by atoms with Gasteiger partial charge < -0.3 is 4.90 Å². The lowest BCUT2D eigenvalue weighted by Crippen LogP contribution is -2.23. The largest absolute Gasteiger partial charge is 0.352 e. The molecule has 1 atom stereocenters. The van der Waals surface area contributed by atoms with E-state index in [1.807, 2.05) is 36.2 Å². The molecule has 19 heavy (non-hydrogen) atoms. The fourth-order valence-corrected chi connectivity index (χ4v) is 2.46. The maximum atomic E-state index is 5.90. The van der Waals surface area contributed by atoms with Crippen molar-refractivity contribution < 1.29 is 0 Å². The highest BCUT2D eigenvalue weighted by Crippen LogP contribution is 2.30. The molecular weight excluding hydrogens is 349 g/mol. The van der Waals surface area contributed by atoms with Gasteiger partial charge in [-0.3, -0.25) is 0 Å². The molecule has 1 aromatic heterocycles. The summed E-state index contributed by atoms with van der Waals surface area (Å²) >= 11 is 15.2. The standard InChI is InChI=1S/C13H12BrCl2N3/c1-8(9-3-5-10(15)6-4-9)19(2)12-11(14)7-17-13(16)18-12/h3-8H,1-2H3. The van der Waals surface area contributed by atoms with Crippen LogP contribution in [0.3, 0.4) is 0 Å². The van der Waals surface area contributed by atoms with Crippen LogP contribution in [-0.2, 0) is 0 Å². The van der Waals surface area contributed by atoms with E-state index in [0.29, 0.717) is 0 Å². The average molecular weight is 361 g/mol. The third-order valence-electron chi connectivity index (χ3n) is 2.96. The van der Waals surface area contributed by atoms with Gasteiger partial charge in [0, 0.05) is 18.3 Å². The van der Waals surface area contributed by atoms with Crippen molar-refractivity contribution in [2.75, 3.05) is 11.9 Å². The van der Waals surface area contributed by atoms with Crippen LogP contribution in [-0.4, -0.2) is 17.0 Å². The normalized spacial score (nSPS) is 12.3. The van der Waals surface area contributed by atoms with Crippen LogP contribution >= 0.6 is 39.1 Å². The summed E-state index contributed by atoms with van der Waals surface area (Å²) in [4.78, 5) is 10.2. The van der Waals surface area contributed by atoms with E-state index in [9.17, 15) is 0 Å². The highest BCUT2D eigenvalue weighted by molar-refractivity contribution is 9.10. The molecule has 100 valence electrons. The lowest BCUT2D eigenvalue weighted by Gasteiger charge is -2.27. The number of aromatic nitrogens is 2. The van der Waals surface area contributed by atoms with Crippen LogP contribution in [0, 0.1) is 0 Å². The predicted octanol–water partition coefficient (Wildman–Crippen LogP) is 4.74. The van der Waals surface area contributed by atoms with Crippen molar-refractivity contribution in [3.05, 3.63) is 50.8 Å². The zero-order chi connectivity index (χ0) is 14.0. The van der Waals surface area contributed by atoms with Crippen LogP contribution in [0.2, 0.25) is 10.3 Å². The SMILES string of the molecule is CC(c1ccc(Cl)cc1)N(C)c1nc(Cl)ncc1Br. The van der Waals surface area contributed by atoms with Crippen LogP contribution in [0.25, 0.3) is 0 Å². The van der Waals surface area contributed by atoms with Crippen LogP contribution in [0.5, 0.6) is 0 Å². The molecular formula is C13H12BrCl2N3. The molecule has 1 aromatic carbocycles. The molecule has 0 spiro atoms. The van der Waals surface area contributed by atoms with Gasteiger partial charge in [-0.1, -0.05) is 23.7 Å². The molecule has 3 nitrogen and oxygen atoms in total. The Hall–Kier alpha value is -0.840. The lowest BCUT2D eigenvalue weighted by molar-refractivity contribution is 0.725. The first-order valence-corrected chi connectivity index (χ1v) is 7.20. The maximum absolute atomic E-state index is 5.90. The van der Waals surface area contributed by atoms with Gasteiger partial charge in [0.25, 0.3) is 0 Å². The van der Waals surface area contributed by atoms with Crippen molar-refractivity contribution in [1.82, 2.24) is 9.97 Å². The molecule has 2 aromatic rings. The lowest BCUT2D eigenvalue weighted by atomic mass is 10.1. The van der Waals surface area contributed by atoms with E-state index in [1.54, 1.807) is 6.20 Å². The Morgan fingerprint density at radius 1 is 1.21 bits per heavy atom. The summed E-state index contributed by atoms with van der Waals surface area (Å²) in [6.07, 6.45) is 1.65. The zero-order valence-corrected chi connectivity index (χ0v) is 13.5. The number of rotatable bonds is 3. The van der Waals surface area contributed by atoms with Gasteiger partial charge in [-0.05, 0) is 52.2 Å². The van der Waals surface area contributed by atoms with Gasteiger partial charge in [0.15, 0.2) is 0 Å². The highest BCUT2D eigenvalue weighted by atomic mass is 79.9. The van der Waals surface area contributed by atoms with E-state index >= 15 is 0 Å². The van der Waals surface area contributed by atoms with Crippen LogP contribution in [0.15, 0.2) is 34.9 Å². The molecule has 6 heteroatoms. The fourth-order valence-electron chi connectivity index (χ4n) is 1.73. The van der Waals surface area contributed by atoms with Crippen LogP contribution in [0.1, 0.15) is 18.5 Å². The van der Waals surface area contributed by atoms with Gasteiger partial charge in [0.2, 0.25) is 5.28 Å². The monoisotopic (exact) mass is 359 g/mol. The van der Waals surface area contributed by atoms with Crippen molar-refractivity contribution in [3.63, 3.8) is 0 Å². The smallest absolute Gasteiger partial charge is 0.224 e. The molecule has 0 aliphatic rings. The Morgan fingerprint density at radius 3 is 2.47 bits per heavy atom. The van der Waals surface area contributed by atoms with Crippen LogP contribution in [0.4, 0.5) is 5.82 Å². The van der Waals surface area contributed by atoms with Crippen molar-refractivity contribution in [1.29, 1.82) is 0 Å². The summed E-state index contributed by atoms with van der Waals surface area (Å²) in [7, 11) is 1.96. The van der Waals surface area contributed by atoms with E-state index in [0.717, 1.165) is 20.9 Å². The second kappa shape index (κ2) is 6.07. The summed E-state index contributed by atoms with van der Waals surface area (Å²) in [6.45, 7) is 2.09. The first-order chi connectivity index (χ1) is 8.99. The van der Waals surface area contributed by atoms with Gasteiger partial charge in [-0.25, -0.2) is 4.98 Å². The molecule has 0 amide bonds. The van der Waals surface area contributed by atoms with E-state index in [2.05, 4.69) is 32.8 Å². The Morgan fingerprint density at radius 2 is 1.84 bits per heavy atom. The van der Waals surface area contributed by atoms with Gasteiger partial charge in [-0.2, -0.15) is 4.98 Å². The van der Waals surface area contributed by atoms with Gasteiger partial charge in [0.1, 0.15) is 5.82 Å². The summed E-state index contributed by atoms with van der Waals surface area (Å²) in [6, 6.07) is 7.90. The summed E-state index contributed by atoms with van der Waals surface area (Å²) in [5, 5.41) is 0.957. The number of hydrogen-bond acceptors (Lipinski definition) is 3. The fraction of sp³-hybridized carbons (Fsp3) is 0.231. The molecule has 0 aliphatic heterocycles. The number of nitrogens with zero attached hydrogens (tertiary/aromatic N) is 3. The third kappa shape index (κ3) is 3.38. The summed E-state index contributed by atoms with van der Waals surface area (Å²) in [5.41, 5.74) is 1.15. The number of benzene rings is 1. The minimum atomic E-state index is 0.138. The molecule has 2 rings (SSSR count). The Kier molecular flexibility index (Phi) is 4.66. The van der Waals surface area contributed by atoms with E-state index in [4.69, 9.17) is 23.2 Å². The molecule has 0 saturated heterocycles. The van der Waals surface area contributed by atoms with Crippen LogP contribution < -0.4 is 4.90 Å². The second-order valence-corrected chi connectivity index (χ2v) is 5.78. The Bertz CT molecular complexity index is 575. The molecule has 1 heterocycles. The van der Waals surface area contributed by atoms with Crippen molar-refractivity contribution in [2.45, 2.75) is 13.0 Å². The zero-order valence-electron chi connectivity index (χ0n) is 10.4. The van der Waals surface area contributed by atoms with Crippen molar-refractivity contribution in [3.8, 4) is 0 Å². The molecule has 0 fully saturated rings. The quantitative estimate of drug-likeness (QED) is 0.740. The molecule has 0 N–H and O–H groups in total. The van der Waals surface area contributed by atoms with E-state index in [-0.39, 0.29) is 11.3 Å². The van der Waals surface area contributed by atoms with Crippen molar-refractivity contribution >= 4 is 44.9 Å². The molecule has 1 unspecified atom stereocenters. The number of halogens is 3. The van der Waals surface area contributed by atoms with Crippen molar-refractivity contribution in [2.24, 2.45) is 0 Å². The highest BCUT2D eigenvalue weighted by Gasteiger charge is 2.16. The molecule has 0 aliphatic carbocycles. The third-order valence-corrected chi connectivity index (χ3v) is 3.96. The molecule has 0 saturated carbocycles. The predicted molar refractivity (Wildman–Crippen MR) is 83.0 cm³/mol. The first-order valence-electron chi connectivity index (χ1n) is 5.65. The summed E-state index contributed by atoms with van der Waals surface area (Å²) < 4.78 is 0.806. The second-order valence-electron chi connectivity index (χ2n) is 4.15. The van der Waals surface area contributed by atoms with Gasteiger partial charge >= 0.3 is 0 Å². The number of hydrogen-bond donors (Lipinski definition) is 0. The molecule has 0 radical (unpaired) electrons. The summed E-state index contributed by atoms with van der Waals surface area (Å²) in [5.74, 6) is 0.752. The minimum absolute atomic E-state index is 0.138. The van der Waals surface area contributed by atoms with Gasteiger partial charge in [-0.15, -0.1) is 0 Å². The van der Waals surface area contributed by atoms with E-state index < -0.39 is 0 Å². The van der Waals surface area contributed by atoms with E-state index in [1.165, 1.54) is 0 Å². The Balaban J connectivity index is 2.30. The maximum Gasteiger partial charge on any atom is 0.224 e. The van der Waals surface area contributed by atoms with Gasteiger partial charge in [0.05, 0.1) is 10.5 Å². The topological polar surface area (TPSA) is 29.0 Å².